The molecule has 1 aliphatic heterocycles. The minimum Gasteiger partial charge on any atom is -0.493 e. The summed E-state index contributed by atoms with van der Waals surface area (Å²) in [5, 5.41) is 2.97. The van der Waals surface area contributed by atoms with Crippen molar-refractivity contribution in [1.82, 2.24) is 24.8 Å². The van der Waals surface area contributed by atoms with E-state index in [1.165, 1.54) is 0 Å². The van der Waals surface area contributed by atoms with Gasteiger partial charge in [0.05, 0.1) is 26.1 Å². The first-order valence-electron chi connectivity index (χ1n) is 11.9. The number of hydrogen-bond acceptors (Lipinski definition) is 9. The predicted molar refractivity (Wildman–Crippen MR) is 142 cm³/mol. The minimum atomic E-state index is -0.132. The standard InChI is InChI=1S/C26H28N8O3/c1-16-5-4-6-18(13-16)29-26(35)34-11-9-33(10-12-34)24-22-23(31-25(27)32-24)28-15-19(30-22)17-7-8-20(36-2)21(14-17)37-3/h4-8,13-15H,9-12H2,1-3H3,(H,29,35)(H2,27,28,31,32). The number of carbonyl (C=O) groups excluding carboxylic acids is 1. The van der Waals surface area contributed by atoms with Crippen molar-refractivity contribution in [2.75, 3.05) is 56.3 Å². The van der Waals surface area contributed by atoms with Crippen LogP contribution in [0.4, 0.5) is 22.2 Å². The van der Waals surface area contributed by atoms with Gasteiger partial charge in [-0.1, -0.05) is 12.1 Å². The molecule has 1 saturated heterocycles. The second-order valence-electron chi connectivity index (χ2n) is 8.68. The first kappa shape index (κ1) is 24.0. The number of aryl methyl sites for hydroxylation is 1. The lowest BCUT2D eigenvalue weighted by molar-refractivity contribution is 0.208. The summed E-state index contributed by atoms with van der Waals surface area (Å²) >= 11 is 0. The monoisotopic (exact) mass is 500 g/mol. The van der Waals surface area contributed by atoms with E-state index in [0.29, 0.717) is 60.4 Å². The molecule has 0 spiro atoms. The van der Waals surface area contributed by atoms with Gasteiger partial charge in [0, 0.05) is 37.4 Å². The quantitative estimate of drug-likeness (QED) is 0.423. The van der Waals surface area contributed by atoms with Crippen LogP contribution in [-0.4, -0.2) is 71.3 Å². The Labute approximate surface area is 214 Å². The van der Waals surface area contributed by atoms with E-state index in [1.54, 1.807) is 25.3 Å². The Morgan fingerprint density at radius 1 is 0.973 bits per heavy atom. The molecule has 0 atom stereocenters. The summed E-state index contributed by atoms with van der Waals surface area (Å²) in [4.78, 5) is 34.7. The Balaban J connectivity index is 1.38. The van der Waals surface area contributed by atoms with E-state index in [1.807, 2.05) is 49.4 Å². The highest BCUT2D eigenvalue weighted by atomic mass is 16.5. The Bertz CT molecular complexity index is 1450. The highest BCUT2D eigenvalue weighted by molar-refractivity contribution is 5.90. The number of fused-ring (bicyclic) bond motifs is 1. The predicted octanol–water partition coefficient (Wildman–Crippen LogP) is 3.35. The van der Waals surface area contributed by atoms with Gasteiger partial charge in [0.1, 0.15) is 0 Å². The van der Waals surface area contributed by atoms with Gasteiger partial charge in [-0.25, -0.2) is 14.8 Å². The van der Waals surface area contributed by atoms with E-state index >= 15 is 0 Å². The second kappa shape index (κ2) is 10.1. The van der Waals surface area contributed by atoms with Crippen LogP contribution in [0.3, 0.4) is 0 Å². The molecule has 3 heterocycles. The maximum atomic E-state index is 12.8. The van der Waals surface area contributed by atoms with Gasteiger partial charge in [-0.3, -0.25) is 0 Å². The average molecular weight is 501 g/mol. The molecule has 3 N–H and O–H groups in total. The fourth-order valence-corrected chi connectivity index (χ4v) is 4.31. The van der Waals surface area contributed by atoms with Crippen LogP contribution in [0.2, 0.25) is 0 Å². The number of urea groups is 1. The summed E-state index contributed by atoms with van der Waals surface area (Å²) < 4.78 is 10.8. The van der Waals surface area contributed by atoms with Gasteiger partial charge in [0.25, 0.3) is 0 Å². The van der Waals surface area contributed by atoms with E-state index in [0.717, 1.165) is 16.8 Å². The van der Waals surface area contributed by atoms with Gasteiger partial charge in [-0.05, 0) is 42.8 Å². The summed E-state index contributed by atoms with van der Waals surface area (Å²) in [7, 11) is 3.18. The van der Waals surface area contributed by atoms with Crippen LogP contribution in [0.1, 0.15) is 5.56 Å². The molecule has 190 valence electrons. The maximum absolute atomic E-state index is 12.8. The van der Waals surface area contributed by atoms with E-state index in [4.69, 9.17) is 20.2 Å². The smallest absolute Gasteiger partial charge is 0.321 e. The number of hydrogen-bond donors (Lipinski definition) is 2. The molecule has 2 aromatic heterocycles. The Hall–Kier alpha value is -4.67. The number of carbonyl (C=O) groups is 1. The van der Waals surface area contributed by atoms with Crippen molar-refractivity contribution in [2.45, 2.75) is 6.92 Å². The molecule has 0 radical (unpaired) electrons. The lowest BCUT2D eigenvalue weighted by Crippen LogP contribution is -2.50. The molecule has 2 aromatic carbocycles. The van der Waals surface area contributed by atoms with Gasteiger partial charge in [0.2, 0.25) is 5.95 Å². The highest BCUT2D eigenvalue weighted by Crippen LogP contribution is 2.32. The van der Waals surface area contributed by atoms with Crippen LogP contribution in [0.5, 0.6) is 11.5 Å². The van der Waals surface area contributed by atoms with Crippen LogP contribution >= 0.6 is 0 Å². The molecule has 5 rings (SSSR count). The van der Waals surface area contributed by atoms with Gasteiger partial charge >= 0.3 is 6.03 Å². The molecule has 11 nitrogen and oxygen atoms in total. The summed E-state index contributed by atoms with van der Waals surface area (Å²) in [5.74, 6) is 1.93. The number of rotatable bonds is 5. The number of aromatic nitrogens is 4. The SMILES string of the molecule is COc1ccc(-c2cnc3nc(N)nc(N4CCN(C(=O)Nc5cccc(C)c5)CC4)c3n2)cc1OC. The number of methoxy groups -OCH3 is 2. The van der Waals surface area contributed by atoms with Crippen molar-refractivity contribution < 1.29 is 14.3 Å². The molecule has 1 fully saturated rings. The number of anilines is 3. The second-order valence-corrected chi connectivity index (χ2v) is 8.68. The summed E-state index contributed by atoms with van der Waals surface area (Å²) in [6, 6.07) is 13.2. The third-order valence-corrected chi connectivity index (χ3v) is 6.22. The number of nitrogens with one attached hydrogen (secondary N) is 1. The summed E-state index contributed by atoms with van der Waals surface area (Å²) in [6.45, 7) is 4.16. The number of nitrogen functional groups attached to an aromatic ring is 1. The van der Waals surface area contributed by atoms with Crippen LogP contribution in [0.25, 0.3) is 22.4 Å². The van der Waals surface area contributed by atoms with Crippen molar-refractivity contribution in [2.24, 2.45) is 0 Å². The normalized spacial score (nSPS) is 13.5. The number of ether oxygens (including phenoxy) is 2. The van der Waals surface area contributed by atoms with Gasteiger partial charge < -0.3 is 30.3 Å². The van der Waals surface area contributed by atoms with Crippen molar-refractivity contribution in [3.63, 3.8) is 0 Å². The fourth-order valence-electron chi connectivity index (χ4n) is 4.31. The lowest BCUT2D eigenvalue weighted by Gasteiger charge is -2.35. The number of amides is 2. The van der Waals surface area contributed by atoms with Crippen LogP contribution in [0, 0.1) is 6.92 Å². The number of benzene rings is 2. The van der Waals surface area contributed by atoms with Crippen molar-refractivity contribution >= 4 is 34.6 Å². The Morgan fingerprint density at radius 2 is 1.76 bits per heavy atom. The van der Waals surface area contributed by atoms with E-state index in [-0.39, 0.29) is 12.0 Å². The zero-order valence-corrected chi connectivity index (χ0v) is 20.9. The maximum Gasteiger partial charge on any atom is 0.321 e. The highest BCUT2D eigenvalue weighted by Gasteiger charge is 2.25. The molecule has 0 aliphatic carbocycles. The molecule has 0 bridgehead atoms. The third-order valence-electron chi connectivity index (χ3n) is 6.22. The molecule has 1 aliphatic rings. The van der Waals surface area contributed by atoms with Gasteiger partial charge in [-0.15, -0.1) is 0 Å². The first-order chi connectivity index (χ1) is 17.9. The largest absolute Gasteiger partial charge is 0.493 e. The van der Waals surface area contributed by atoms with E-state index in [2.05, 4.69) is 25.2 Å². The zero-order valence-electron chi connectivity index (χ0n) is 20.9. The van der Waals surface area contributed by atoms with Crippen molar-refractivity contribution in [1.29, 1.82) is 0 Å². The Kier molecular flexibility index (Phi) is 6.59. The number of nitrogens with two attached hydrogens (primary N) is 1. The van der Waals surface area contributed by atoms with Crippen LogP contribution in [0.15, 0.2) is 48.7 Å². The average Bonchev–Trinajstić information content (AvgIpc) is 2.92. The third kappa shape index (κ3) is 5.01. The molecule has 37 heavy (non-hydrogen) atoms. The van der Waals surface area contributed by atoms with E-state index in [9.17, 15) is 4.79 Å². The molecule has 2 amide bonds. The number of nitrogens with zero attached hydrogens (tertiary/aromatic N) is 6. The van der Waals surface area contributed by atoms with Crippen LogP contribution in [-0.2, 0) is 0 Å². The minimum absolute atomic E-state index is 0.121. The topological polar surface area (TPSA) is 132 Å². The summed E-state index contributed by atoms with van der Waals surface area (Å²) in [5.41, 5.74) is 10.3. The van der Waals surface area contributed by atoms with Crippen molar-refractivity contribution in [3.05, 3.63) is 54.2 Å². The first-order valence-corrected chi connectivity index (χ1v) is 11.9. The van der Waals surface area contributed by atoms with E-state index < -0.39 is 0 Å². The molecular formula is C26H28N8O3. The number of piperazine rings is 1. The fraction of sp³-hybridized carbons (Fsp3) is 0.269. The molecule has 0 unspecified atom stereocenters. The van der Waals surface area contributed by atoms with Gasteiger partial charge in [-0.2, -0.15) is 9.97 Å². The molecule has 0 saturated carbocycles. The Morgan fingerprint density at radius 3 is 2.49 bits per heavy atom. The lowest BCUT2D eigenvalue weighted by atomic mass is 10.1. The van der Waals surface area contributed by atoms with Gasteiger partial charge in [0.15, 0.2) is 28.5 Å². The van der Waals surface area contributed by atoms with Crippen LogP contribution < -0.4 is 25.4 Å². The summed E-state index contributed by atoms with van der Waals surface area (Å²) in [6.07, 6.45) is 1.65. The zero-order chi connectivity index (χ0) is 25.9. The van der Waals surface area contributed by atoms with Crippen molar-refractivity contribution in [3.8, 4) is 22.8 Å². The molecule has 11 heteroatoms. The molecule has 4 aromatic rings. The molecular weight excluding hydrogens is 472 g/mol.